The Balaban J connectivity index is 2.26. The van der Waals surface area contributed by atoms with Crippen molar-refractivity contribution in [2.75, 3.05) is 26.7 Å². The Labute approximate surface area is 125 Å². The lowest BCUT2D eigenvalue weighted by Crippen LogP contribution is -2.34. The third-order valence-corrected chi connectivity index (χ3v) is 4.54. The summed E-state index contributed by atoms with van der Waals surface area (Å²) in [6.45, 7) is 6.29. The molecule has 1 fully saturated rings. The number of aryl methyl sites for hydroxylation is 1. The highest BCUT2D eigenvalue weighted by molar-refractivity contribution is 6.32. The summed E-state index contributed by atoms with van der Waals surface area (Å²) in [5, 5.41) is 0.660. The first kappa shape index (κ1) is 15.3. The van der Waals surface area contributed by atoms with E-state index in [0.717, 1.165) is 24.2 Å². The number of carbonyl (C=O) groups excluding carboxylic acids is 1. The van der Waals surface area contributed by atoms with Gasteiger partial charge in [-0.1, -0.05) is 18.0 Å². The maximum absolute atomic E-state index is 12.6. The summed E-state index contributed by atoms with van der Waals surface area (Å²) >= 11 is 6.28. The standard InChI is InChI=1S/C16H22ClNO2/c1-11-9-14(20-3)15(12(2)16(11)17)13(19)10-18-7-5-4-6-8-18/h9H,4-8,10H2,1-3H3. The fourth-order valence-corrected chi connectivity index (χ4v) is 2.98. The first-order valence-corrected chi connectivity index (χ1v) is 7.51. The lowest BCUT2D eigenvalue weighted by molar-refractivity contribution is 0.0912. The molecule has 4 heteroatoms. The molecule has 0 amide bonds. The molecule has 20 heavy (non-hydrogen) atoms. The number of piperidine rings is 1. The molecule has 110 valence electrons. The third kappa shape index (κ3) is 3.15. The minimum Gasteiger partial charge on any atom is -0.496 e. The Kier molecular flexibility index (Phi) is 5.06. The Bertz CT molecular complexity index is 508. The molecule has 2 rings (SSSR count). The molecule has 1 saturated heterocycles. The number of benzene rings is 1. The van der Waals surface area contributed by atoms with Crippen LogP contribution in [0, 0.1) is 13.8 Å². The molecule has 0 aliphatic carbocycles. The van der Waals surface area contributed by atoms with Gasteiger partial charge in [0.2, 0.25) is 0 Å². The number of carbonyl (C=O) groups is 1. The van der Waals surface area contributed by atoms with Crippen molar-refractivity contribution in [3.8, 4) is 5.75 Å². The third-order valence-electron chi connectivity index (χ3n) is 3.96. The number of halogens is 1. The van der Waals surface area contributed by atoms with Crippen molar-refractivity contribution in [3.63, 3.8) is 0 Å². The average molecular weight is 296 g/mol. The van der Waals surface area contributed by atoms with Crippen molar-refractivity contribution in [2.45, 2.75) is 33.1 Å². The van der Waals surface area contributed by atoms with E-state index >= 15 is 0 Å². The molecule has 1 aromatic carbocycles. The summed E-state index contributed by atoms with van der Waals surface area (Å²) in [5.41, 5.74) is 2.40. The number of ketones is 1. The number of Topliss-reactive ketones (excluding diaryl/α,β-unsaturated/α-hetero) is 1. The minimum absolute atomic E-state index is 0.100. The van der Waals surface area contributed by atoms with Crippen LogP contribution >= 0.6 is 11.6 Å². The summed E-state index contributed by atoms with van der Waals surface area (Å²) in [5.74, 6) is 0.731. The van der Waals surface area contributed by atoms with Gasteiger partial charge >= 0.3 is 0 Å². The highest BCUT2D eigenvalue weighted by Gasteiger charge is 2.22. The van der Waals surface area contributed by atoms with Crippen LogP contribution in [0.3, 0.4) is 0 Å². The molecule has 0 bridgehead atoms. The predicted octanol–water partition coefficient (Wildman–Crippen LogP) is 3.63. The maximum Gasteiger partial charge on any atom is 0.180 e. The Morgan fingerprint density at radius 1 is 1.30 bits per heavy atom. The predicted molar refractivity (Wildman–Crippen MR) is 82.1 cm³/mol. The van der Waals surface area contributed by atoms with E-state index in [1.54, 1.807) is 7.11 Å². The van der Waals surface area contributed by atoms with E-state index in [1.807, 2.05) is 19.9 Å². The second kappa shape index (κ2) is 6.59. The molecule has 0 saturated carbocycles. The fraction of sp³-hybridized carbons (Fsp3) is 0.562. The number of methoxy groups -OCH3 is 1. The van der Waals surface area contributed by atoms with E-state index in [0.29, 0.717) is 22.9 Å². The van der Waals surface area contributed by atoms with Gasteiger partial charge in [-0.2, -0.15) is 0 Å². The number of nitrogens with zero attached hydrogens (tertiary/aromatic N) is 1. The molecule has 0 N–H and O–H groups in total. The van der Waals surface area contributed by atoms with E-state index in [-0.39, 0.29) is 5.78 Å². The molecular weight excluding hydrogens is 274 g/mol. The zero-order chi connectivity index (χ0) is 14.7. The highest BCUT2D eigenvalue weighted by atomic mass is 35.5. The van der Waals surface area contributed by atoms with Crippen LogP contribution in [-0.2, 0) is 0 Å². The summed E-state index contributed by atoms with van der Waals surface area (Å²) < 4.78 is 5.37. The van der Waals surface area contributed by atoms with E-state index in [1.165, 1.54) is 19.3 Å². The van der Waals surface area contributed by atoms with Crippen LogP contribution in [0.1, 0.15) is 40.7 Å². The van der Waals surface area contributed by atoms with Gasteiger partial charge < -0.3 is 4.74 Å². The van der Waals surface area contributed by atoms with Crippen molar-refractivity contribution < 1.29 is 9.53 Å². The minimum atomic E-state index is 0.100. The van der Waals surface area contributed by atoms with E-state index < -0.39 is 0 Å². The molecule has 0 unspecified atom stereocenters. The van der Waals surface area contributed by atoms with Gasteiger partial charge in [-0.05, 0) is 57.0 Å². The topological polar surface area (TPSA) is 29.5 Å². The van der Waals surface area contributed by atoms with Crippen LogP contribution in [0.2, 0.25) is 5.02 Å². The largest absolute Gasteiger partial charge is 0.496 e. The van der Waals surface area contributed by atoms with Gasteiger partial charge in [0.15, 0.2) is 5.78 Å². The van der Waals surface area contributed by atoms with E-state index in [9.17, 15) is 4.79 Å². The van der Waals surface area contributed by atoms with E-state index in [2.05, 4.69) is 4.90 Å². The fourth-order valence-electron chi connectivity index (χ4n) is 2.83. The van der Waals surface area contributed by atoms with Crippen molar-refractivity contribution in [1.29, 1.82) is 0 Å². The van der Waals surface area contributed by atoms with Gasteiger partial charge in [0, 0.05) is 5.02 Å². The molecular formula is C16H22ClNO2. The van der Waals surface area contributed by atoms with Crippen molar-refractivity contribution in [1.82, 2.24) is 4.90 Å². The van der Waals surface area contributed by atoms with Crippen molar-refractivity contribution in [2.24, 2.45) is 0 Å². The Morgan fingerprint density at radius 2 is 1.95 bits per heavy atom. The smallest absolute Gasteiger partial charge is 0.180 e. The number of ether oxygens (including phenoxy) is 1. The molecule has 0 spiro atoms. The van der Waals surface area contributed by atoms with Gasteiger partial charge in [-0.25, -0.2) is 0 Å². The second-order valence-corrected chi connectivity index (χ2v) is 5.85. The molecule has 1 aromatic rings. The van der Waals surface area contributed by atoms with Gasteiger partial charge in [-0.3, -0.25) is 9.69 Å². The summed E-state index contributed by atoms with van der Waals surface area (Å²) in [7, 11) is 1.60. The van der Waals surface area contributed by atoms with Crippen molar-refractivity contribution >= 4 is 17.4 Å². The zero-order valence-corrected chi connectivity index (χ0v) is 13.2. The van der Waals surface area contributed by atoms with Crippen LogP contribution in [0.4, 0.5) is 0 Å². The number of hydrogen-bond acceptors (Lipinski definition) is 3. The average Bonchev–Trinajstić information content (AvgIpc) is 2.45. The number of likely N-dealkylation sites (tertiary alicyclic amines) is 1. The van der Waals surface area contributed by atoms with Crippen LogP contribution in [0.25, 0.3) is 0 Å². The Hall–Kier alpha value is -1.06. The van der Waals surface area contributed by atoms with Crippen LogP contribution in [0.15, 0.2) is 6.07 Å². The lowest BCUT2D eigenvalue weighted by atomic mass is 9.99. The summed E-state index contributed by atoms with van der Waals surface area (Å²) in [6, 6.07) is 1.85. The maximum atomic E-state index is 12.6. The van der Waals surface area contributed by atoms with Gasteiger partial charge in [-0.15, -0.1) is 0 Å². The zero-order valence-electron chi connectivity index (χ0n) is 12.5. The molecule has 0 radical (unpaired) electrons. The Morgan fingerprint density at radius 3 is 2.55 bits per heavy atom. The second-order valence-electron chi connectivity index (χ2n) is 5.47. The normalized spacial score (nSPS) is 16.2. The van der Waals surface area contributed by atoms with Crippen LogP contribution < -0.4 is 4.74 Å². The molecule has 0 atom stereocenters. The first-order valence-electron chi connectivity index (χ1n) is 7.14. The monoisotopic (exact) mass is 295 g/mol. The molecule has 0 aromatic heterocycles. The highest BCUT2D eigenvalue weighted by Crippen LogP contribution is 2.32. The SMILES string of the molecule is COc1cc(C)c(Cl)c(C)c1C(=O)CN1CCCCC1. The summed E-state index contributed by atoms with van der Waals surface area (Å²) in [4.78, 5) is 14.8. The summed E-state index contributed by atoms with van der Waals surface area (Å²) in [6.07, 6.45) is 3.62. The van der Waals surface area contributed by atoms with E-state index in [4.69, 9.17) is 16.3 Å². The van der Waals surface area contributed by atoms with Gasteiger partial charge in [0.05, 0.1) is 19.2 Å². The van der Waals surface area contributed by atoms with Crippen LogP contribution in [0.5, 0.6) is 5.75 Å². The first-order chi connectivity index (χ1) is 9.54. The van der Waals surface area contributed by atoms with Gasteiger partial charge in [0.1, 0.15) is 5.75 Å². The molecule has 1 heterocycles. The van der Waals surface area contributed by atoms with Gasteiger partial charge in [0.25, 0.3) is 0 Å². The molecule has 1 aliphatic rings. The van der Waals surface area contributed by atoms with Crippen LogP contribution in [-0.4, -0.2) is 37.4 Å². The molecule has 3 nitrogen and oxygen atoms in total. The quantitative estimate of drug-likeness (QED) is 0.794. The lowest BCUT2D eigenvalue weighted by Gasteiger charge is -2.26. The molecule has 1 aliphatic heterocycles. The number of rotatable bonds is 4. The van der Waals surface area contributed by atoms with Crippen molar-refractivity contribution in [3.05, 3.63) is 27.8 Å². The number of hydrogen-bond donors (Lipinski definition) is 0.